The number of carbonyl (C=O) groups excluding carboxylic acids is 1. The second kappa shape index (κ2) is 7.09. The van der Waals surface area contributed by atoms with Gasteiger partial charge in [-0.05, 0) is 55.7 Å². The van der Waals surface area contributed by atoms with Crippen LogP contribution in [-0.4, -0.2) is 35.6 Å². The van der Waals surface area contributed by atoms with Crippen molar-refractivity contribution < 1.29 is 19.1 Å². The molecule has 2 atom stereocenters. The number of rotatable bonds is 5. The maximum absolute atomic E-state index is 12.9. The fourth-order valence-corrected chi connectivity index (χ4v) is 3.36. The van der Waals surface area contributed by atoms with Gasteiger partial charge in [-0.2, -0.15) is 0 Å². The molecule has 0 saturated carbocycles. The van der Waals surface area contributed by atoms with Crippen molar-refractivity contribution in [3.63, 3.8) is 0 Å². The molecule has 24 heavy (non-hydrogen) atoms. The quantitative estimate of drug-likeness (QED) is 0.914. The molecule has 1 saturated heterocycles. The monoisotopic (exact) mass is 329 g/mol. The molecule has 2 unspecified atom stereocenters. The number of hydrogen-bond donors (Lipinski definition) is 1. The summed E-state index contributed by atoms with van der Waals surface area (Å²) in [5, 5.41) is 10.3. The smallest absolute Gasteiger partial charge is 0.254 e. The lowest BCUT2D eigenvalue weighted by molar-refractivity contribution is 0.0640. The molecule has 1 aromatic carbocycles. The van der Waals surface area contributed by atoms with Gasteiger partial charge in [-0.25, -0.2) is 0 Å². The van der Waals surface area contributed by atoms with Crippen molar-refractivity contribution in [2.75, 3.05) is 13.7 Å². The minimum Gasteiger partial charge on any atom is -0.497 e. The summed E-state index contributed by atoms with van der Waals surface area (Å²) < 4.78 is 10.5. The van der Waals surface area contributed by atoms with Crippen molar-refractivity contribution in [2.45, 2.75) is 38.3 Å². The summed E-state index contributed by atoms with van der Waals surface area (Å²) in [5.74, 6) is 1.31. The molecule has 1 aromatic heterocycles. The number of likely N-dealkylation sites (tertiary alicyclic amines) is 1. The SMILES string of the molecule is COc1ccc(C(=O)N2CCCC2CC(O)c2ccco2)c(C)c1. The predicted octanol–water partition coefficient (Wildman–Crippen LogP) is 3.32. The van der Waals surface area contributed by atoms with Crippen LogP contribution in [0.1, 0.15) is 47.0 Å². The number of benzene rings is 1. The van der Waals surface area contributed by atoms with Crippen LogP contribution in [-0.2, 0) is 0 Å². The van der Waals surface area contributed by atoms with Gasteiger partial charge in [-0.3, -0.25) is 4.79 Å². The van der Waals surface area contributed by atoms with E-state index in [9.17, 15) is 9.90 Å². The molecular weight excluding hydrogens is 306 g/mol. The first-order valence-corrected chi connectivity index (χ1v) is 8.27. The van der Waals surface area contributed by atoms with E-state index in [2.05, 4.69) is 0 Å². The number of aryl methyl sites for hydroxylation is 1. The van der Waals surface area contributed by atoms with Gasteiger partial charge in [-0.1, -0.05) is 0 Å². The zero-order valence-electron chi connectivity index (χ0n) is 14.1. The number of nitrogens with zero attached hydrogens (tertiary/aromatic N) is 1. The van der Waals surface area contributed by atoms with Crippen LogP contribution in [0.2, 0.25) is 0 Å². The lowest BCUT2D eigenvalue weighted by Crippen LogP contribution is -2.36. The maximum atomic E-state index is 12.9. The molecule has 1 aliphatic rings. The van der Waals surface area contributed by atoms with E-state index in [0.717, 1.165) is 30.7 Å². The Morgan fingerprint density at radius 2 is 2.29 bits per heavy atom. The van der Waals surface area contributed by atoms with E-state index < -0.39 is 6.10 Å². The number of carbonyl (C=O) groups is 1. The van der Waals surface area contributed by atoms with Crippen LogP contribution >= 0.6 is 0 Å². The summed E-state index contributed by atoms with van der Waals surface area (Å²) in [5.41, 5.74) is 1.59. The van der Waals surface area contributed by atoms with Gasteiger partial charge in [0.25, 0.3) is 5.91 Å². The Balaban J connectivity index is 1.74. The Kier molecular flexibility index (Phi) is 4.90. The number of furan rings is 1. The first kappa shape index (κ1) is 16.6. The zero-order chi connectivity index (χ0) is 17.1. The van der Waals surface area contributed by atoms with E-state index in [0.29, 0.717) is 17.7 Å². The average Bonchev–Trinajstić information content (AvgIpc) is 3.25. The molecule has 0 bridgehead atoms. The van der Waals surface area contributed by atoms with Gasteiger partial charge >= 0.3 is 0 Å². The van der Waals surface area contributed by atoms with Crippen molar-refractivity contribution in [2.24, 2.45) is 0 Å². The van der Waals surface area contributed by atoms with Crippen LogP contribution in [0.3, 0.4) is 0 Å². The van der Waals surface area contributed by atoms with E-state index in [4.69, 9.17) is 9.15 Å². The Bertz CT molecular complexity index is 695. The molecule has 5 heteroatoms. The van der Waals surface area contributed by atoms with Crippen LogP contribution in [0.4, 0.5) is 0 Å². The molecule has 1 aliphatic heterocycles. The lowest BCUT2D eigenvalue weighted by Gasteiger charge is -2.27. The summed E-state index contributed by atoms with van der Waals surface area (Å²) in [4.78, 5) is 14.8. The third kappa shape index (κ3) is 3.31. The highest BCUT2D eigenvalue weighted by Crippen LogP contribution is 2.29. The first-order valence-electron chi connectivity index (χ1n) is 8.27. The molecule has 5 nitrogen and oxygen atoms in total. The highest BCUT2D eigenvalue weighted by molar-refractivity contribution is 5.96. The van der Waals surface area contributed by atoms with Gasteiger partial charge in [0.1, 0.15) is 17.6 Å². The second-order valence-corrected chi connectivity index (χ2v) is 6.24. The number of methoxy groups -OCH3 is 1. The highest BCUT2D eigenvalue weighted by Gasteiger charge is 2.32. The number of aliphatic hydroxyl groups excluding tert-OH is 1. The number of ether oxygens (including phenoxy) is 1. The van der Waals surface area contributed by atoms with Crippen molar-refractivity contribution >= 4 is 5.91 Å². The molecule has 1 N–H and O–H groups in total. The minimum atomic E-state index is -0.685. The fraction of sp³-hybridized carbons (Fsp3) is 0.421. The number of amides is 1. The van der Waals surface area contributed by atoms with E-state index in [1.165, 1.54) is 0 Å². The summed E-state index contributed by atoms with van der Waals surface area (Å²) >= 11 is 0. The van der Waals surface area contributed by atoms with Crippen molar-refractivity contribution in [3.05, 3.63) is 53.5 Å². The van der Waals surface area contributed by atoms with Crippen molar-refractivity contribution in [3.8, 4) is 5.75 Å². The van der Waals surface area contributed by atoms with Gasteiger partial charge in [0, 0.05) is 24.6 Å². The second-order valence-electron chi connectivity index (χ2n) is 6.24. The van der Waals surface area contributed by atoms with Gasteiger partial charge < -0.3 is 19.2 Å². The average molecular weight is 329 g/mol. The van der Waals surface area contributed by atoms with Crippen LogP contribution < -0.4 is 4.74 Å². The standard InChI is InChI=1S/C19H23NO4/c1-13-11-15(23-2)7-8-16(13)19(22)20-9-3-5-14(20)12-17(21)18-6-4-10-24-18/h4,6-8,10-11,14,17,21H,3,5,9,12H2,1-2H3. The van der Waals surface area contributed by atoms with Crippen LogP contribution in [0.5, 0.6) is 5.75 Å². The van der Waals surface area contributed by atoms with Crippen molar-refractivity contribution in [1.29, 1.82) is 0 Å². The third-order valence-electron chi connectivity index (χ3n) is 4.67. The molecule has 0 spiro atoms. The fourth-order valence-electron chi connectivity index (χ4n) is 3.36. The molecular formula is C19H23NO4. The summed E-state index contributed by atoms with van der Waals surface area (Å²) in [6.07, 6.45) is 3.22. The zero-order valence-corrected chi connectivity index (χ0v) is 14.1. The highest BCUT2D eigenvalue weighted by atomic mass is 16.5. The molecule has 2 heterocycles. The third-order valence-corrected chi connectivity index (χ3v) is 4.67. The van der Waals surface area contributed by atoms with E-state index in [1.54, 1.807) is 25.5 Å². The Labute approximate surface area is 141 Å². The summed E-state index contributed by atoms with van der Waals surface area (Å²) in [6, 6.07) is 9.04. The van der Waals surface area contributed by atoms with E-state index >= 15 is 0 Å². The Morgan fingerprint density at radius 1 is 1.46 bits per heavy atom. The van der Waals surface area contributed by atoms with E-state index in [1.807, 2.05) is 30.0 Å². The Morgan fingerprint density at radius 3 is 2.96 bits per heavy atom. The maximum Gasteiger partial charge on any atom is 0.254 e. The summed E-state index contributed by atoms with van der Waals surface area (Å²) in [7, 11) is 1.61. The summed E-state index contributed by atoms with van der Waals surface area (Å²) in [6.45, 7) is 2.64. The van der Waals surface area contributed by atoms with Gasteiger partial charge in [0.05, 0.1) is 13.4 Å². The minimum absolute atomic E-state index is 0.0179. The predicted molar refractivity (Wildman–Crippen MR) is 90.1 cm³/mol. The number of hydrogen-bond acceptors (Lipinski definition) is 4. The Hall–Kier alpha value is -2.27. The normalized spacial score (nSPS) is 18.6. The van der Waals surface area contributed by atoms with Crippen LogP contribution in [0.15, 0.2) is 41.0 Å². The molecule has 1 amide bonds. The molecule has 128 valence electrons. The largest absolute Gasteiger partial charge is 0.497 e. The first-order chi connectivity index (χ1) is 11.6. The number of aliphatic hydroxyl groups is 1. The van der Waals surface area contributed by atoms with Crippen molar-refractivity contribution in [1.82, 2.24) is 4.90 Å². The molecule has 1 fully saturated rings. The van der Waals surface area contributed by atoms with E-state index in [-0.39, 0.29) is 11.9 Å². The molecule has 0 radical (unpaired) electrons. The van der Waals surface area contributed by atoms with Gasteiger partial charge in [0.15, 0.2) is 0 Å². The molecule has 3 rings (SSSR count). The topological polar surface area (TPSA) is 62.9 Å². The van der Waals surface area contributed by atoms with Crippen LogP contribution in [0, 0.1) is 6.92 Å². The molecule has 2 aromatic rings. The van der Waals surface area contributed by atoms with Gasteiger partial charge in [-0.15, -0.1) is 0 Å². The van der Waals surface area contributed by atoms with Gasteiger partial charge in [0.2, 0.25) is 0 Å². The lowest BCUT2D eigenvalue weighted by atomic mass is 10.0. The van der Waals surface area contributed by atoms with Crippen LogP contribution in [0.25, 0.3) is 0 Å². The molecule has 0 aliphatic carbocycles.